The lowest BCUT2D eigenvalue weighted by Crippen LogP contribution is -2.35. The van der Waals surface area contributed by atoms with Crippen molar-refractivity contribution < 1.29 is 9.53 Å². The van der Waals surface area contributed by atoms with E-state index in [-0.39, 0.29) is 6.09 Å². The van der Waals surface area contributed by atoms with Crippen molar-refractivity contribution >= 4 is 11.8 Å². The van der Waals surface area contributed by atoms with Crippen molar-refractivity contribution in [2.24, 2.45) is 0 Å². The van der Waals surface area contributed by atoms with Gasteiger partial charge in [-0.2, -0.15) is 5.10 Å². The van der Waals surface area contributed by atoms with Gasteiger partial charge in [-0.05, 0) is 38.5 Å². The second kappa shape index (κ2) is 6.73. The summed E-state index contributed by atoms with van der Waals surface area (Å²) in [6.45, 7) is 6.68. The molecule has 0 spiro atoms. The number of carbonyl (C=O) groups excluding carboxylic acids is 1. The largest absolute Gasteiger partial charge is 0.444 e. The first-order chi connectivity index (χ1) is 10.7. The van der Waals surface area contributed by atoms with Gasteiger partial charge < -0.3 is 15.4 Å². The number of nitrogen functional groups attached to an aromatic ring is 1. The molecule has 0 aliphatic carbocycles. The van der Waals surface area contributed by atoms with E-state index < -0.39 is 5.60 Å². The van der Waals surface area contributed by atoms with Crippen LogP contribution in [0.25, 0.3) is 11.1 Å². The molecule has 0 fully saturated rings. The van der Waals surface area contributed by atoms with E-state index in [1.807, 2.05) is 55.9 Å². The van der Waals surface area contributed by atoms with Gasteiger partial charge >= 0.3 is 6.09 Å². The summed E-state index contributed by atoms with van der Waals surface area (Å²) in [6.07, 6.45) is 3.43. The number of ether oxygens (including phenoxy) is 1. The summed E-state index contributed by atoms with van der Waals surface area (Å²) in [4.78, 5) is 13.5. The van der Waals surface area contributed by atoms with Crippen LogP contribution in [0.3, 0.4) is 0 Å². The lowest BCUT2D eigenvalue weighted by molar-refractivity contribution is 0.0292. The summed E-state index contributed by atoms with van der Waals surface area (Å²) >= 11 is 0. The fourth-order valence-corrected chi connectivity index (χ4v) is 1.99. The van der Waals surface area contributed by atoms with Gasteiger partial charge in [-0.25, -0.2) is 4.79 Å². The molecule has 2 aromatic rings. The highest BCUT2D eigenvalue weighted by molar-refractivity contribution is 5.67. The van der Waals surface area contributed by atoms with Gasteiger partial charge in [0, 0.05) is 31.0 Å². The number of anilines is 1. The standard InChI is InChI=1S/C17H24N4O2/c1-17(2,3)23-16(22)20(4)9-10-21-12-14(11-19-21)13-5-7-15(18)8-6-13/h5-8,11-12H,9-10,18H2,1-4H3. The minimum atomic E-state index is -0.487. The van der Waals surface area contributed by atoms with E-state index >= 15 is 0 Å². The van der Waals surface area contributed by atoms with Crippen LogP contribution < -0.4 is 5.73 Å². The molecule has 23 heavy (non-hydrogen) atoms. The molecule has 6 nitrogen and oxygen atoms in total. The normalized spacial score (nSPS) is 11.3. The number of nitrogens with zero attached hydrogens (tertiary/aromatic N) is 3. The predicted molar refractivity (Wildman–Crippen MR) is 90.9 cm³/mol. The smallest absolute Gasteiger partial charge is 0.410 e. The molecule has 2 N–H and O–H groups in total. The average molecular weight is 316 g/mol. The van der Waals surface area contributed by atoms with Crippen LogP contribution >= 0.6 is 0 Å². The molecule has 0 saturated heterocycles. The van der Waals surface area contributed by atoms with E-state index in [1.165, 1.54) is 0 Å². The van der Waals surface area contributed by atoms with Crippen molar-refractivity contribution in [2.75, 3.05) is 19.3 Å². The summed E-state index contributed by atoms with van der Waals surface area (Å²) in [6, 6.07) is 7.65. The quantitative estimate of drug-likeness (QED) is 0.880. The van der Waals surface area contributed by atoms with Gasteiger partial charge in [0.05, 0.1) is 12.7 Å². The van der Waals surface area contributed by atoms with Crippen LogP contribution in [0.5, 0.6) is 0 Å². The van der Waals surface area contributed by atoms with Crippen LogP contribution in [-0.2, 0) is 11.3 Å². The fourth-order valence-electron chi connectivity index (χ4n) is 1.99. The Labute approximate surface area is 136 Å². The number of carbonyl (C=O) groups is 1. The van der Waals surface area contributed by atoms with E-state index in [9.17, 15) is 4.79 Å². The Balaban J connectivity index is 1.92. The molecule has 0 aliphatic heterocycles. The van der Waals surface area contributed by atoms with Gasteiger partial charge in [0.2, 0.25) is 0 Å². The molecule has 0 saturated carbocycles. The first kappa shape index (κ1) is 16.9. The second-order valence-corrected chi connectivity index (χ2v) is 6.52. The molecule has 124 valence electrons. The van der Waals surface area contributed by atoms with Gasteiger partial charge in [0.15, 0.2) is 0 Å². The molecule has 0 bridgehead atoms. The lowest BCUT2D eigenvalue weighted by Gasteiger charge is -2.24. The van der Waals surface area contributed by atoms with E-state index in [2.05, 4.69) is 5.10 Å². The Hall–Kier alpha value is -2.50. The maximum Gasteiger partial charge on any atom is 0.410 e. The highest BCUT2D eigenvalue weighted by Crippen LogP contribution is 2.19. The lowest BCUT2D eigenvalue weighted by atomic mass is 10.1. The zero-order valence-electron chi connectivity index (χ0n) is 14.1. The highest BCUT2D eigenvalue weighted by atomic mass is 16.6. The molecule has 0 atom stereocenters. The molecule has 1 aromatic carbocycles. The number of rotatable bonds is 4. The maximum atomic E-state index is 11.9. The van der Waals surface area contributed by atoms with Crippen LogP contribution in [0.4, 0.5) is 10.5 Å². The summed E-state index contributed by atoms with van der Waals surface area (Å²) in [7, 11) is 1.72. The van der Waals surface area contributed by atoms with Crippen LogP contribution in [0.2, 0.25) is 0 Å². The highest BCUT2D eigenvalue weighted by Gasteiger charge is 2.19. The number of amides is 1. The van der Waals surface area contributed by atoms with E-state index in [0.717, 1.165) is 16.8 Å². The van der Waals surface area contributed by atoms with E-state index in [1.54, 1.807) is 18.1 Å². The Kier molecular flexibility index (Phi) is 4.93. The Morgan fingerprint density at radius 3 is 2.52 bits per heavy atom. The summed E-state index contributed by atoms with van der Waals surface area (Å²) < 4.78 is 7.13. The minimum absolute atomic E-state index is 0.330. The molecule has 1 aromatic heterocycles. The molecule has 6 heteroatoms. The van der Waals surface area contributed by atoms with Gasteiger partial charge in [-0.1, -0.05) is 12.1 Å². The molecule has 2 rings (SSSR count). The number of benzene rings is 1. The summed E-state index contributed by atoms with van der Waals surface area (Å²) in [5.41, 5.74) is 8.02. The Morgan fingerprint density at radius 2 is 1.91 bits per heavy atom. The Bertz CT molecular complexity index is 656. The van der Waals surface area contributed by atoms with Crippen molar-refractivity contribution in [3.05, 3.63) is 36.7 Å². The van der Waals surface area contributed by atoms with Gasteiger partial charge in [-0.15, -0.1) is 0 Å². The zero-order chi connectivity index (χ0) is 17.0. The SMILES string of the molecule is CN(CCn1cc(-c2ccc(N)cc2)cn1)C(=O)OC(C)(C)C. The minimum Gasteiger partial charge on any atom is -0.444 e. The molecule has 0 aliphatic rings. The fraction of sp³-hybridized carbons (Fsp3) is 0.412. The van der Waals surface area contributed by atoms with Crippen molar-refractivity contribution in [3.63, 3.8) is 0 Å². The van der Waals surface area contributed by atoms with Gasteiger partial charge in [0.1, 0.15) is 5.60 Å². The van der Waals surface area contributed by atoms with Crippen molar-refractivity contribution in [1.82, 2.24) is 14.7 Å². The first-order valence-corrected chi connectivity index (χ1v) is 7.57. The first-order valence-electron chi connectivity index (χ1n) is 7.57. The third-order valence-corrected chi connectivity index (χ3v) is 3.25. The second-order valence-electron chi connectivity index (χ2n) is 6.52. The van der Waals surface area contributed by atoms with Crippen LogP contribution in [0.15, 0.2) is 36.7 Å². The third kappa shape index (κ3) is 5.02. The monoisotopic (exact) mass is 316 g/mol. The third-order valence-electron chi connectivity index (χ3n) is 3.25. The number of nitrogens with two attached hydrogens (primary N) is 1. The van der Waals surface area contributed by atoms with E-state index in [0.29, 0.717) is 13.1 Å². The van der Waals surface area contributed by atoms with Gasteiger partial charge in [0.25, 0.3) is 0 Å². The summed E-state index contributed by atoms with van der Waals surface area (Å²) in [5.74, 6) is 0. The number of hydrogen-bond donors (Lipinski definition) is 1. The molecule has 0 unspecified atom stereocenters. The van der Waals surface area contributed by atoms with Crippen molar-refractivity contribution in [1.29, 1.82) is 0 Å². The van der Waals surface area contributed by atoms with Crippen LogP contribution in [-0.4, -0.2) is 40.0 Å². The molecular weight excluding hydrogens is 292 g/mol. The zero-order valence-corrected chi connectivity index (χ0v) is 14.1. The van der Waals surface area contributed by atoms with E-state index in [4.69, 9.17) is 10.5 Å². The number of likely N-dealkylation sites (N-methyl/N-ethyl adjacent to an activating group) is 1. The maximum absolute atomic E-state index is 11.9. The molecule has 0 radical (unpaired) electrons. The van der Waals surface area contributed by atoms with Crippen LogP contribution in [0, 0.1) is 0 Å². The molecule has 1 heterocycles. The summed E-state index contributed by atoms with van der Waals surface area (Å²) in [5, 5.41) is 4.33. The van der Waals surface area contributed by atoms with Crippen molar-refractivity contribution in [3.8, 4) is 11.1 Å². The van der Waals surface area contributed by atoms with Crippen LogP contribution in [0.1, 0.15) is 20.8 Å². The topological polar surface area (TPSA) is 73.4 Å². The molecule has 1 amide bonds. The number of hydrogen-bond acceptors (Lipinski definition) is 4. The average Bonchev–Trinajstić information content (AvgIpc) is 2.92. The molecular formula is C17H24N4O2. The Morgan fingerprint density at radius 1 is 1.26 bits per heavy atom. The number of aromatic nitrogens is 2. The van der Waals surface area contributed by atoms with Gasteiger partial charge in [-0.3, -0.25) is 4.68 Å². The van der Waals surface area contributed by atoms with Crippen molar-refractivity contribution in [2.45, 2.75) is 32.9 Å². The predicted octanol–water partition coefficient (Wildman–Crippen LogP) is 3.00.